The van der Waals surface area contributed by atoms with Crippen molar-refractivity contribution >= 4 is 11.8 Å². The van der Waals surface area contributed by atoms with Crippen LogP contribution in [-0.4, -0.2) is 79.4 Å². The zero-order valence-electron chi connectivity index (χ0n) is 26.9. The van der Waals surface area contributed by atoms with E-state index in [4.69, 9.17) is 9.47 Å². The minimum Gasteiger partial charge on any atom is -0.351 e. The van der Waals surface area contributed by atoms with Crippen LogP contribution < -0.4 is 5.32 Å². The maximum Gasteiger partial charge on any atom is 0.227 e. The highest BCUT2D eigenvalue weighted by atomic mass is 16.7. The Morgan fingerprint density at radius 2 is 1.60 bits per heavy atom. The Morgan fingerprint density at radius 1 is 0.953 bits per heavy atom. The molecule has 2 heterocycles. The lowest BCUT2D eigenvalue weighted by molar-refractivity contribution is -0.237. The minimum atomic E-state index is -0.255. The molecule has 7 nitrogen and oxygen atoms in total. The summed E-state index contributed by atoms with van der Waals surface area (Å²) in [4.78, 5) is 31.3. The molecule has 2 amide bonds. The van der Waals surface area contributed by atoms with Crippen LogP contribution in [0.4, 0.5) is 0 Å². The molecule has 0 aromatic heterocycles. The van der Waals surface area contributed by atoms with Gasteiger partial charge in [0.2, 0.25) is 11.8 Å². The van der Waals surface area contributed by atoms with Crippen molar-refractivity contribution in [3.63, 3.8) is 0 Å². The number of hydrogen-bond donors (Lipinski definition) is 1. The molecule has 2 aromatic rings. The Kier molecular flexibility index (Phi) is 12.6. The van der Waals surface area contributed by atoms with Crippen LogP contribution in [0.2, 0.25) is 0 Å². The first kappa shape index (κ1) is 33.2. The van der Waals surface area contributed by atoms with Gasteiger partial charge in [0.15, 0.2) is 6.29 Å². The van der Waals surface area contributed by atoms with Crippen molar-refractivity contribution < 1.29 is 19.1 Å². The van der Waals surface area contributed by atoms with Gasteiger partial charge in [-0.05, 0) is 76.1 Å². The van der Waals surface area contributed by atoms with Gasteiger partial charge in [-0.2, -0.15) is 0 Å². The summed E-state index contributed by atoms with van der Waals surface area (Å²) in [6, 6.07) is 20.4. The van der Waals surface area contributed by atoms with E-state index in [-0.39, 0.29) is 48.2 Å². The van der Waals surface area contributed by atoms with Gasteiger partial charge in [0.1, 0.15) is 0 Å². The molecule has 7 atom stereocenters. The Balaban J connectivity index is 1.51. The number of nitrogens with one attached hydrogen (secondary N) is 1. The van der Waals surface area contributed by atoms with Gasteiger partial charge in [-0.25, -0.2) is 0 Å². The van der Waals surface area contributed by atoms with E-state index in [9.17, 15) is 9.59 Å². The normalized spacial score (nSPS) is 29.7. The van der Waals surface area contributed by atoms with E-state index in [1.165, 1.54) is 0 Å². The van der Waals surface area contributed by atoms with Gasteiger partial charge in [0.05, 0.1) is 24.7 Å². The molecule has 236 valence electrons. The lowest BCUT2D eigenvalue weighted by Crippen LogP contribution is -2.47. The summed E-state index contributed by atoms with van der Waals surface area (Å²) in [7, 11) is 4.25. The quantitative estimate of drug-likeness (QED) is 0.462. The van der Waals surface area contributed by atoms with Gasteiger partial charge in [-0.15, -0.1) is 0 Å². The molecule has 2 aliphatic rings. The first-order valence-corrected chi connectivity index (χ1v) is 16.3. The molecule has 1 N–H and O–H groups in total. The van der Waals surface area contributed by atoms with E-state index < -0.39 is 0 Å². The zero-order valence-corrected chi connectivity index (χ0v) is 26.9. The average molecular weight is 592 g/mol. The third-order valence-electron chi connectivity index (χ3n) is 9.21. The van der Waals surface area contributed by atoms with Crippen molar-refractivity contribution in [2.45, 2.75) is 103 Å². The lowest BCUT2D eigenvalue weighted by Gasteiger charge is -2.40. The van der Waals surface area contributed by atoms with Crippen LogP contribution in [0, 0.1) is 11.8 Å². The van der Waals surface area contributed by atoms with Gasteiger partial charge in [-0.3, -0.25) is 9.59 Å². The second kappa shape index (κ2) is 16.4. The Bertz CT molecular complexity index is 1130. The van der Waals surface area contributed by atoms with Crippen LogP contribution in [0.25, 0.3) is 0 Å². The molecule has 0 aliphatic carbocycles. The topological polar surface area (TPSA) is 71.1 Å². The molecule has 2 fully saturated rings. The van der Waals surface area contributed by atoms with Crippen LogP contribution in [0.3, 0.4) is 0 Å². The molecule has 7 heteroatoms. The SMILES string of the molecule is CC1CCCN(C(=O)Cc2ccccc2)CC(Cc2ccccc2)NC(=O)CC[C@H](C)[C@H]1OC1C[C@@H](N(C)C)C[C@@H](C)O1. The van der Waals surface area contributed by atoms with Crippen molar-refractivity contribution in [1.29, 1.82) is 0 Å². The predicted octanol–water partition coefficient (Wildman–Crippen LogP) is 5.47. The molecular weight excluding hydrogens is 538 g/mol. The third-order valence-corrected chi connectivity index (χ3v) is 9.21. The number of ether oxygens (including phenoxy) is 2. The summed E-state index contributed by atoms with van der Waals surface area (Å²) in [6.07, 6.45) is 5.73. The molecule has 0 bridgehead atoms. The molecule has 0 spiro atoms. The zero-order chi connectivity index (χ0) is 30.8. The molecule has 0 radical (unpaired) electrons. The fraction of sp³-hybridized carbons (Fsp3) is 0.611. The monoisotopic (exact) mass is 591 g/mol. The van der Waals surface area contributed by atoms with Crippen LogP contribution in [0.1, 0.15) is 70.4 Å². The van der Waals surface area contributed by atoms with Crippen molar-refractivity contribution in [2.24, 2.45) is 11.8 Å². The first-order chi connectivity index (χ1) is 20.7. The minimum absolute atomic E-state index is 0.0275. The molecule has 3 unspecified atom stereocenters. The average Bonchev–Trinajstić information content (AvgIpc) is 2.99. The molecule has 2 aromatic carbocycles. The molecular formula is C36H53N3O4. The molecule has 0 saturated carbocycles. The van der Waals surface area contributed by atoms with E-state index in [1.807, 2.05) is 53.4 Å². The van der Waals surface area contributed by atoms with E-state index in [0.29, 0.717) is 38.4 Å². The number of nitrogens with zero attached hydrogens (tertiary/aromatic N) is 2. The molecule has 2 aliphatic heterocycles. The van der Waals surface area contributed by atoms with Crippen molar-refractivity contribution in [1.82, 2.24) is 15.1 Å². The summed E-state index contributed by atoms with van der Waals surface area (Å²) in [5.41, 5.74) is 2.16. The third kappa shape index (κ3) is 10.4. The first-order valence-electron chi connectivity index (χ1n) is 16.3. The van der Waals surface area contributed by atoms with E-state index in [1.54, 1.807) is 0 Å². The van der Waals surface area contributed by atoms with E-state index in [0.717, 1.165) is 43.2 Å². The summed E-state index contributed by atoms with van der Waals surface area (Å²) in [5.74, 6) is 0.595. The lowest BCUT2D eigenvalue weighted by atomic mass is 9.87. The number of rotatable bonds is 7. The van der Waals surface area contributed by atoms with Gasteiger partial charge in [0, 0.05) is 32.0 Å². The highest BCUT2D eigenvalue weighted by Crippen LogP contribution is 2.31. The van der Waals surface area contributed by atoms with E-state index in [2.05, 4.69) is 57.2 Å². The highest BCUT2D eigenvalue weighted by Gasteiger charge is 2.34. The second-order valence-electron chi connectivity index (χ2n) is 13.2. The summed E-state index contributed by atoms with van der Waals surface area (Å²) in [5, 5.41) is 3.30. The summed E-state index contributed by atoms with van der Waals surface area (Å²) >= 11 is 0. The molecule has 4 rings (SSSR count). The van der Waals surface area contributed by atoms with Gasteiger partial charge in [0.25, 0.3) is 0 Å². The Morgan fingerprint density at radius 3 is 2.28 bits per heavy atom. The van der Waals surface area contributed by atoms with Crippen LogP contribution >= 0.6 is 0 Å². The maximum atomic E-state index is 13.7. The van der Waals surface area contributed by atoms with Crippen LogP contribution in [0.15, 0.2) is 60.7 Å². The largest absolute Gasteiger partial charge is 0.351 e. The summed E-state index contributed by atoms with van der Waals surface area (Å²) in [6.45, 7) is 7.74. The smallest absolute Gasteiger partial charge is 0.227 e. The van der Waals surface area contributed by atoms with Crippen molar-refractivity contribution in [3.05, 3.63) is 71.8 Å². The number of carbonyl (C=O) groups is 2. The Labute approximate surface area is 259 Å². The predicted molar refractivity (Wildman–Crippen MR) is 172 cm³/mol. The standard InChI is InChI=1S/C36H53N3O4/c1-26-13-12-20-39(34(41)23-30-16-10-7-11-17-30)25-31(22-29-14-8-6-9-15-29)37-33(40)19-18-27(2)36(26)43-35-24-32(38(4)5)21-28(3)42-35/h6-11,14-17,26-28,31-32,35-36H,12-13,18-25H2,1-5H3,(H,37,40)/t26?,27-,28+,31?,32-,35?,36-/m0/s1. The number of carbonyl (C=O) groups excluding carboxylic acids is 2. The van der Waals surface area contributed by atoms with Crippen LogP contribution in [0.5, 0.6) is 0 Å². The number of amides is 2. The van der Waals surface area contributed by atoms with E-state index >= 15 is 0 Å². The maximum absolute atomic E-state index is 13.7. The fourth-order valence-corrected chi connectivity index (χ4v) is 6.70. The Hall–Kier alpha value is -2.74. The highest BCUT2D eigenvalue weighted by molar-refractivity contribution is 5.79. The van der Waals surface area contributed by atoms with Gasteiger partial charge >= 0.3 is 0 Å². The van der Waals surface area contributed by atoms with Crippen molar-refractivity contribution in [2.75, 3.05) is 27.2 Å². The number of hydrogen-bond acceptors (Lipinski definition) is 5. The molecule has 2 saturated heterocycles. The summed E-state index contributed by atoms with van der Waals surface area (Å²) < 4.78 is 13.0. The van der Waals surface area contributed by atoms with Gasteiger partial charge in [-0.1, -0.05) is 74.5 Å². The molecule has 43 heavy (non-hydrogen) atoms. The fourth-order valence-electron chi connectivity index (χ4n) is 6.70. The number of benzene rings is 2. The van der Waals surface area contributed by atoms with Gasteiger partial charge < -0.3 is 24.6 Å². The van der Waals surface area contributed by atoms with Crippen molar-refractivity contribution in [3.8, 4) is 0 Å². The van der Waals surface area contributed by atoms with Crippen LogP contribution in [-0.2, 0) is 31.9 Å². The second-order valence-corrected chi connectivity index (χ2v) is 13.2.